The van der Waals surface area contributed by atoms with Crippen molar-refractivity contribution in [1.29, 1.82) is 0 Å². The van der Waals surface area contributed by atoms with E-state index in [9.17, 15) is 14.4 Å². The lowest BCUT2D eigenvalue weighted by molar-refractivity contribution is -0.127. The Morgan fingerprint density at radius 1 is 1.20 bits per heavy atom. The zero-order chi connectivity index (χ0) is 20.8. The fraction of sp³-hybridized carbons (Fsp3) is 0.273. The van der Waals surface area contributed by atoms with Crippen LogP contribution in [-0.2, 0) is 9.59 Å². The summed E-state index contributed by atoms with van der Waals surface area (Å²) >= 11 is 0. The molecule has 3 aromatic rings. The van der Waals surface area contributed by atoms with Gasteiger partial charge in [0.15, 0.2) is 11.5 Å². The average molecular weight is 404 g/mol. The quantitative estimate of drug-likeness (QED) is 0.680. The average Bonchev–Trinajstić information content (AvgIpc) is 3.43. The molecule has 0 bridgehead atoms. The van der Waals surface area contributed by atoms with E-state index in [4.69, 9.17) is 4.42 Å². The maximum absolute atomic E-state index is 12.9. The number of nitrogens with one attached hydrogen (secondary N) is 2. The highest BCUT2D eigenvalue weighted by Gasteiger charge is 2.47. The van der Waals surface area contributed by atoms with E-state index in [1.165, 1.54) is 0 Å². The summed E-state index contributed by atoms with van der Waals surface area (Å²) in [5.41, 5.74) is 3.11. The van der Waals surface area contributed by atoms with Gasteiger partial charge in [0.05, 0.1) is 6.54 Å². The Morgan fingerprint density at radius 3 is 2.80 bits per heavy atom. The highest BCUT2D eigenvalue weighted by Crippen LogP contribution is 2.41. The number of rotatable bonds is 5. The number of hydrogen-bond donors (Lipinski definition) is 2. The number of amides is 3. The van der Waals surface area contributed by atoms with Gasteiger partial charge < -0.3 is 20.0 Å². The third-order valence-corrected chi connectivity index (χ3v) is 5.39. The zero-order valence-electron chi connectivity index (χ0n) is 16.3. The van der Waals surface area contributed by atoms with Crippen LogP contribution in [-0.4, -0.2) is 40.2 Å². The fourth-order valence-corrected chi connectivity index (χ4v) is 3.92. The number of nitrogens with zero attached hydrogens (tertiary/aromatic N) is 2. The number of carbonyl (C=O) groups is 3. The van der Waals surface area contributed by atoms with Crippen LogP contribution < -0.4 is 10.6 Å². The Balaban J connectivity index is 1.26. The summed E-state index contributed by atoms with van der Waals surface area (Å²) in [5.74, 6) is -0.280. The van der Waals surface area contributed by atoms with Crippen molar-refractivity contribution in [3.8, 4) is 0 Å². The van der Waals surface area contributed by atoms with E-state index in [0.717, 1.165) is 12.8 Å². The number of hydrogen-bond acceptors (Lipinski definition) is 5. The Morgan fingerprint density at radius 2 is 2.00 bits per heavy atom. The second kappa shape index (κ2) is 6.98. The first-order chi connectivity index (χ1) is 14.5. The molecule has 1 saturated carbocycles. The van der Waals surface area contributed by atoms with Crippen molar-refractivity contribution in [2.45, 2.75) is 31.8 Å². The third kappa shape index (κ3) is 3.20. The summed E-state index contributed by atoms with van der Waals surface area (Å²) in [6.45, 7) is 1.56. The van der Waals surface area contributed by atoms with E-state index in [0.29, 0.717) is 33.8 Å². The lowest BCUT2D eigenvalue weighted by Crippen LogP contribution is -2.42. The monoisotopic (exact) mass is 404 g/mol. The molecule has 8 nitrogen and oxygen atoms in total. The molecule has 2 aromatic carbocycles. The third-order valence-electron chi connectivity index (χ3n) is 5.39. The number of aromatic nitrogens is 1. The molecule has 5 rings (SSSR count). The van der Waals surface area contributed by atoms with E-state index in [1.54, 1.807) is 48.2 Å². The van der Waals surface area contributed by atoms with Gasteiger partial charge >= 0.3 is 0 Å². The molecule has 1 aromatic heterocycles. The number of aryl methyl sites for hydroxylation is 1. The summed E-state index contributed by atoms with van der Waals surface area (Å²) in [6, 6.07) is 11.7. The SMILES string of the molecule is Cc1nc2cc(NC(=O)CNC(=O)C3c4ccccc4C(=O)N3C3CC3)ccc2o1. The summed E-state index contributed by atoms with van der Waals surface area (Å²) in [7, 11) is 0. The van der Waals surface area contributed by atoms with E-state index >= 15 is 0 Å². The van der Waals surface area contributed by atoms with E-state index in [-0.39, 0.29) is 30.3 Å². The van der Waals surface area contributed by atoms with Crippen LogP contribution in [0.15, 0.2) is 46.9 Å². The molecule has 0 spiro atoms. The van der Waals surface area contributed by atoms with Crippen LogP contribution in [0, 0.1) is 6.92 Å². The number of anilines is 1. The van der Waals surface area contributed by atoms with Crippen molar-refractivity contribution in [2.24, 2.45) is 0 Å². The Kier molecular flexibility index (Phi) is 4.27. The fourth-order valence-electron chi connectivity index (χ4n) is 3.92. The summed E-state index contributed by atoms with van der Waals surface area (Å²) in [4.78, 5) is 43.9. The second-order valence-corrected chi connectivity index (χ2v) is 7.61. The largest absolute Gasteiger partial charge is 0.441 e. The molecule has 30 heavy (non-hydrogen) atoms. The van der Waals surface area contributed by atoms with Crippen LogP contribution in [0.4, 0.5) is 5.69 Å². The minimum Gasteiger partial charge on any atom is -0.441 e. The molecule has 1 fully saturated rings. The smallest absolute Gasteiger partial charge is 0.255 e. The van der Waals surface area contributed by atoms with Crippen molar-refractivity contribution in [1.82, 2.24) is 15.2 Å². The minimum atomic E-state index is -0.691. The Hall–Kier alpha value is -3.68. The molecule has 0 radical (unpaired) electrons. The van der Waals surface area contributed by atoms with Crippen molar-refractivity contribution in [3.05, 3.63) is 59.5 Å². The van der Waals surface area contributed by atoms with Crippen molar-refractivity contribution in [2.75, 3.05) is 11.9 Å². The molecule has 2 heterocycles. The van der Waals surface area contributed by atoms with E-state index in [1.807, 2.05) is 6.07 Å². The first kappa shape index (κ1) is 18.4. The van der Waals surface area contributed by atoms with Gasteiger partial charge in [0, 0.05) is 24.2 Å². The van der Waals surface area contributed by atoms with Gasteiger partial charge in [-0.1, -0.05) is 18.2 Å². The van der Waals surface area contributed by atoms with E-state index < -0.39 is 6.04 Å². The molecule has 3 amide bonds. The van der Waals surface area contributed by atoms with Crippen molar-refractivity contribution >= 4 is 34.5 Å². The first-order valence-electron chi connectivity index (χ1n) is 9.87. The second-order valence-electron chi connectivity index (χ2n) is 7.61. The molecule has 1 atom stereocenters. The molecular weight excluding hydrogens is 384 g/mol. The van der Waals surface area contributed by atoms with Crippen LogP contribution in [0.3, 0.4) is 0 Å². The molecule has 1 aliphatic carbocycles. The van der Waals surface area contributed by atoms with Gasteiger partial charge in [-0.3, -0.25) is 14.4 Å². The molecule has 8 heteroatoms. The summed E-state index contributed by atoms with van der Waals surface area (Å²) < 4.78 is 5.42. The van der Waals surface area contributed by atoms with Gasteiger partial charge in [-0.15, -0.1) is 0 Å². The number of oxazole rings is 1. The molecule has 1 aliphatic heterocycles. The molecule has 152 valence electrons. The zero-order valence-corrected chi connectivity index (χ0v) is 16.3. The van der Waals surface area contributed by atoms with Gasteiger partial charge in [-0.2, -0.15) is 0 Å². The molecule has 2 N–H and O–H groups in total. The summed E-state index contributed by atoms with van der Waals surface area (Å²) in [5, 5.41) is 5.43. The predicted molar refractivity (Wildman–Crippen MR) is 109 cm³/mol. The molecule has 0 saturated heterocycles. The number of fused-ring (bicyclic) bond motifs is 2. The van der Waals surface area contributed by atoms with Gasteiger partial charge in [0.2, 0.25) is 11.8 Å². The summed E-state index contributed by atoms with van der Waals surface area (Å²) in [6.07, 6.45) is 1.79. The Bertz CT molecular complexity index is 1180. The van der Waals surface area contributed by atoms with Crippen LogP contribution in [0.2, 0.25) is 0 Å². The van der Waals surface area contributed by atoms with Crippen molar-refractivity contribution in [3.63, 3.8) is 0 Å². The Labute approximate surface area is 172 Å². The normalized spacial score (nSPS) is 17.8. The number of carbonyl (C=O) groups excluding carboxylic acids is 3. The standard InChI is InChI=1S/C22H20N4O4/c1-12-24-17-10-13(6-9-18(17)30-12)25-19(27)11-23-21(28)20-15-4-2-3-5-16(15)22(29)26(20)14-7-8-14/h2-6,9-10,14,20H,7-8,11H2,1H3,(H,23,28)(H,25,27). The topological polar surface area (TPSA) is 105 Å². The van der Waals surface area contributed by atoms with Crippen molar-refractivity contribution < 1.29 is 18.8 Å². The van der Waals surface area contributed by atoms with E-state index in [2.05, 4.69) is 15.6 Å². The lowest BCUT2D eigenvalue weighted by atomic mass is 10.0. The van der Waals surface area contributed by atoms with Crippen LogP contribution in [0.1, 0.15) is 40.7 Å². The first-order valence-corrected chi connectivity index (χ1v) is 9.87. The highest BCUT2D eigenvalue weighted by atomic mass is 16.3. The predicted octanol–water partition coefficient (Wildman–Crippen LogP) is 2.55. The van der Waals surface area contributed by atoms with Crippen LogP contribution in [0.25, 0.3) is 11.1 Å². The van der Waals surface area contributed by atoms with Crippen LogP contribution >= 0.6 is 0 Å². The number of benzene rings is 2. The minimum absolute atomic E-state index is 0.0899. The van der Waals surface area contributed by atoms with Gasteiger partial charge in [-0.25, -0.2) is 4.98 Å². The van der Waals surface area contributed by atoms with Gasteiger partial charge in [-0.05, 0) is 42.7 Å². The lowest BCUT2D eigenvalue weighted by Gasteiger charge is -2.24. The highest BCUT2D eigenvalue weighted by molar-refractivity contribution is 6.05. The van der Waals surface area contributed by atoms with Gasteiger partial charge in [0.1, 0.15) is 11.6 Å². The maximum Gasteiger partial charge on any atom is 0.255 e. The molecule has 1 unspecified atom stereocenters. The molecular formula is C22H20N4O4. The maximum atomic E-state index is 12.9. The molecule has 2 aliphatic rings. The van der Waals surface area contributed by atoms with Crippen LogP contribution in [0.5, 0.6) is 0 Å². The van der Waals surface area contributed by atoms with Gasteiger partial charge in [0.25, 0.3) is 5.91 Å².